The average Bonchev–Trinajstić information content (AvgIpc) is 3.35. The van der Waals surface area contributed by atoms with Crippen LogP contribution < -0.4 is 20.1 Å². The van der Waals surface area contributed by atoms with Gasteiger partial charge in [-0.1, -0.05) is 32.4 Å². The van der Waals surface area contributed by atoms with Gasteiger partial charge in [0, 0.05) is 31.2 Å². The molecule has 1 aliphatic heterocycles. The van der Waals surface area contributed by atoms with E-state index in [1.807, 2.05) is 25.1 Å². The third-order valence-electron chi connectivity index (χ3n) is 6.99. The zero-order chi connectivity index (χ0) is 27.3. The van der Waals surface area contributed by atoms with E-state index < -0.39 is 0 Å². The summed E-state index contributed by atoms with van der Waals surface area (Å²) in [6.45, 7) is 10.4. The number of hydrogen-bond acceptors (Lipinski definition) is 7. The lowest BCUT2D eigenvalue weighted by Gasteiger charge is -2.37. The molecule has 1 aliphatic carbocycles. The summed E-state index contributed by atoms with van der Waals surface area (Å²) in [7, 11) is 1.62. The molecule has 1 saturated heterocycles. The standard InChI is InChI=1S/C29H45N3O6/c1-5-8-28(33)38-23-13-16-32(20-23)24-9-6-7-10-25(24)36-17-14-22-11-12-26(27(19-22)35-4)37-18-15-30-29(34)31-21(2)3/h11-12,19,23-25H,2,5-10,13-18,20H2,1,3-4H3,(H2,30,31,34)/t23-,24?,25?/m1/s1. The van der Waals surface area contributed by atoms with Crippen molar-refractivity contribution >= 4 is 12.0 Å². The second-order valence-electron chi connectivity index (χ2n) is 10.2. The molecule has 0 bridgehead atoms. The summed E-state index contributed by atoms with van der Waals surface area (Å²) < 4.78 is 23.4. The third kappa shape index (κ3) is 9.51. The van der Waals surface area contributed by atoms with Crippen LogP contribution in [0.3, 0.4) is 0 Å². The van der Waals surface area contributed by atoms with Crippen molar-refractivity contribution in [2.45, 2.75) is 83.5 Å². The molecule has 1 heterocycles. The first-order valence-corrected chi connectivity index (χ1v) is 13.9. The summed E-state index contributed by atoms with van der Waals surface area (Å²) in [6, 6.07) is 5.99. The number of hydrogen-bond donors (Lipinski definition) is 2. The fourth-order valence-electron chi connectivity index (χ4n) is 5.17. The van der Waals surface area contributed by atoms with Gasteiger partial charge in [0.05, 0.1) is 26.4 Å². The van der Waals surface area contributed by atoms with Crippen LogP contribution >= 0.6 is 0 Å². The maximum absolute atomic E-state index is 11.9. The lowest BCUT2D eigenvalue weighted by molar-refractivity contribution is -0.148. The number of carbonyl (C=O) groups excluding carboxylic acids is 2. The van der Waals surface area contributed by atoms with Crippen LogP contribution in [-0.4, -0.2) is 75.1 Å². The molecule has 38 heavy (non-hydrogen) atoms. The minimum Gasteiger partial charge on any atom is -0.493 e. The van der Waals surface area contributed by atoms with Crippen LogP contribution in [0.4, 0.5) is 4.79 Å². The zero-order valence-corrected chi connectivity index (χ0v) is 23.3. The van der Waals surface area contributed by atoms with Crippen molar-refractivity contribution in [2.75, 3.05) is 40.0 Å². The maximum Gasteiger partial charge on any atom is 0.319 e. The Labute approximate surface area is 227 Å². The molecule has 2 aliphatic rings. The minimum atomic E-state index is -0.302. The van der Waals surface area contributed by atoms with Crippen molar-refractivity contribution in [1.29, 1.82) is 0 Å². The highest BCUT2D eigenvalue weighted by molar-refractivity contribution is 5.75. The SMILES string of the molecule is C=C(C)NC(=O)NCCOc1ccc(CCOC2CCCCC2N2CC[C@@H](OC(=O)CCC)C2)cc1OC. The van der Waals surface area contributed by atoms with Crippen molar-refractivity contribution < 1.29 is 28.5 Å². The van der Waals surface area contributed by atoms with Crippen molar-refractivity contribution in [3.05, 3.63) is 36.0 Å². The van der Waals surface area contributed by atoms with Crippen molar-refractivity contribution in [3.8, 4) is 11.5 Å². The largest absolute Gasteiger partial charge is 0.493 e. The van der Waals surface area contributed by atoms with Crippen LogP contribution in [0.5, 0.6) is 11.5 Å². The van der Waals surface area contributed by atoms with E-state index in [4.69, 9.17) is 18.9 Å². The van der Waals surface area contributed by atoms with E-state index in [-0.39, 0.29) is 24.2 Å². The molecular formula is C29H45N3O6. The van der Waals surface area contributed by atoms with Gasteiger partial charge in [0.1, 0.15) is 12.7 Å². The lowest BCUT2D eigenvalue weighted by Crippen LogP contribution is -2.46. The van der Waals surface area contributed by atoms with Gasteiger partial charge in [0.25, 0.3) is 0 Å². The van der Waals surface area contributed by atoms with Gasteiger partial charge in [0.2, 0.25) is 0 Å². The molecule has 0 spiro atoms. The fourth-order valence-corrected chi connectivity index (χ4v) is 5.17. The summed E-state index contributed by atoms with van der Waals surface area (Å²) in [6.07, 6.45) is 7.81. The lowest BCUT2D eigenvalue weighted by atomic mass is 9.91. The molecule has 1 aromatic rings. The molecule has 2 N–H and O–H groups in total. The normalized spacial score (nSPS) is 21.5. The van der Waals surface area contributed by atoms with Crippen LogP contribution in [0, 0.1) is 0 Å². The second-order valence-corrected chi connectivity index (χ2v) is 10.2. The van der Waals surface area contributed by atoms with E-state index in [2.05, 4.69) is 22.1 Å². The highest BCUT2D eigenvalue weighted by Gasteiger charge is 2.36. The molecule has 9 nitrogen and oxygen atoms in total. The Hall–Kier alpha value is -2.78. The molecule has 212 valence electrons. The van der Waals surface area contributed by atoms with E-state index >= 15 is 0 Å². The van der Waals surface area contributed by atoms with Crippen LogP contribution in [0.25, 0.3) is 0 Å². The van der Waals surface area contributed by atoms with Crippen LogP contribution in [0.1, 0.15) is 64.4 Å². The van der Waals surface area contributed by atoms with Gasteiger partial charge in [-0.2, -0.15) is 0 Å². The first-order chi connectivity index (χ1) is 18.4. The Morgan fingerprint density at radius 1 is 1.13 bits per heavy atom. The molecule has 0 aromatic heterocycles. The zero-order valence-electron chi connectivity index (χ0n) is 23.3. The number of benzene rings is 1. The van der Waals surface area contributed by atoms with Gasteiger partial charge in [-0.15, -0.1) is 0 Å². The molecule has 2 fully saturated rings. The van der Waals surface area contributed by atoms with Gasteiger partial charge in [-0.3, -0.25) is 9.69 Å². The van der Waals surface area contributed by atoms with Crippen molar-refractivity contribution in [2.24, 2.45) is 0 Å². The third-order valence-corrected chi connectivity index (χ3v) is 6.99. The predicted octanol–water partition coefficient (Wildman–Crippen LogP) is 4.19. The number of methoxy groups -OCH3 is 1. The van der Waals surface area contributed by atoms with Gasteiger partial charge in [-0.25, -0.2) is 4.79 Å². The fraction of sp³-hybridized carbons (Fsp3) is 0.655. The number of urea groups is 1. The van der Waals surface area contributed by atoms with E-state index in [0.717, 1.165) is 50.8 Å². The van der Waals surface area contributed by atoms with Crippen LogP contribution in [0.15, 0.2) is 30.5 Å². The van der Waals surface area contributed by atoms with Crippen molar-refractivity contribution in [1.82, 2.24) is 15.5 Å². The smallest absolute Gasteiger partial charge is 0.319 e. The Kier molecular flexibility index (Phi) is 12.2. The molecule has 1 saturated carbocycles. The van der Waals surface area contributed by atoms with Crippen molar-refractivity contribution in [3.63, 3.8) is 0 Å². The van der Waals surface area contributed by atoms with Gasteiger partial charge >= 0.3 is 12.0 Å². The molecule has 2 unspecified atom stereocenters. The van der Waals surface area contributed by atoms with Gasteiger partial charge in [-0.05, 0) is 56.7 Å². The first kappa shape index (κ1) is 29.8. The summed E-state index contributed by atoms with van der Waals surface area (Å²) in [5.74, 6) is 1.21. The average molecular weight is 532 g/mol. The number of nitrogens with zero attached hydrogens (tertiary/aromatic N) is 1. The number of likely N-dealkylation sites (tertiary alicyclic amines) is 1. The summed E-state index contributed by atoms with van der Waals surface area (Å²) in [4.78, 5) is 26.0. The molecule has 3 rings (SSSR count). The summed E-state index contributed by atoms with van der Waals surface area (Å²) in [5, 5.41) is 5.30. The highest BCUT2D eigenvalue weighted by atomic mass is 16.5. The van der Waals surface area contributed by atoms with Gasteiger partial charge < -0.3 is 29.6 Å². The van der Waals surface area contributed by atoms with Crippen LogP contribution in [0.2, 0.25) is 0 Å². The number of carbonyl (C=O) groups is 2. The minimum absolute atomic E-state index is 0.00843. The first-order valence-electron chi connectivity index (χ1n) is 13.9. The van der Waals surface area contributed by atoms with E-state index in [1.165, 1.54) is 12.8 Å². The molecule has 2 amide bonds. The Bertz CT molecular complexity index is 924. The number of ether oxygens (including phenoxy) is 4. The van der Waals surface area contributed by atoms with Gasteiger partial charge in [0.15, 0.2) is 11.5 Å². The number of esters is 1. The monoisotopic (exact) mass is 531 g/mol. The maximum atomic E-state index is 11.9. The molecule has 1 aromatic carbocycles. The molecular weight excluding hydrogens is 486 g/mol. The van der Waals surface area contributed by atoms with E-state index in [0.29, 0.717) is 49.4 Å². The number of amides is 2. The summed E-state index contributed by atoms with van der Waals surface area (Å²) in [5.41, 5.74) is 1.70. The van der Waals surface area contributed by atoms with Crippen LogP contribution in [-0.2, 0) is 20.7 Å². The van der Waals surface area contributed by atoms with E-state index in [1.54, 1.807) is 14.0 Å². The molecule has 3 atom stereocenters. The Morgan fingerprint density at radius 2 is 1.95 bits per heavy atom. The number of allylic oxidation sites excluding steroid dienone is 1. The number of rotatable bonds is 14. The molecule has 9 heteroatoms. The Morgan fingerprint density at radius 3 is 2.71 bits per heavy atom. The Balaban J connectivity index is 1.44. The topological polar surface area (TPSA) is 98.4 Å². The quantitative estimate of drug-likeness (QED) is 0.274. The second kappa shape index (κ2) is 15.6. The molecule has 0 radical (unpaired) electrons. The highest BCUT2D eigenvalue weighted by Crippen LogP contribution is 2.30. The predicted molar refractivity (Wildman–Crippen MR) is 147 cm³/mol. The number of nitrogens with one attached hydrogen (secondary N) is 2. The van der Waals surface area contributed by atoms with E-state index in [9.17, 15) is 9.59 Å². The summed E-state index contributed by atoms with van der Waals surface area (Å²) >= 11 is 0.